The Morgan fingerprint density at radius 3 is 2.58 bits per heavy atom. The van der Waals surface area contributed by atoms with E-state index in [9.17, 15) is 9.18 Å². The number of hydrogen-bond donors (Lipinski definition) is 0. The summed E-state index contributed by atoms with van der Waals surface area (Å²) < 4.78 is 19.5. The number of carbonyl (C=O) groups is 1. The van der Waals surface area contributed by atoms with Crippen LogP contribution in [-0.4, -0.2) is 65.6 Å². The monoisotopic (exact) mass is 536 g/mol. The summed E-state index contributed by atoms with van der Waals surface area (Å²) >= 11 is 12.5. The number of likely N-dealkylation sites (tertiary alicyclic amines) is 1. The Morgan fingerprint density at radius 2 is 1.94 bits per heavy atom. The zero-order chi connectivity index (χ0) is 25.8. The summed E-state index contributed by atoms with van der Waals surface area (Å²) in [5.74, 6) is 0.230. The Morgan fingerprint density at radius 1 is 1.19 bits per heavy atom. The lowest BCUT2D eigenvalue weighted by molar-refractivity contribution is -0.145. The molecule has 0 radical (unpaired) electrons. The van der Waals surface area contributed by atoms with Crippen LogP contribution in [0.15, 0.2) is 30.5 Å². The molecule has 0 spiro atoms. The molecule has 2 saturated heterocycles. The van der Waals surface area contributed by atoms with Crippen LogP contribution in [0.1, 0.15) is 57.3 Å². The number of pyridine rings is 1. The predicted molar refractivity (Wildman–Crippen MR) is 142 cm³/mol. The summed E-state index contributed by atoms with van der Waals surface area (Å²) in [6.07, 6.45) is 4.57. The average Bonchev–Trinajstić information content (AvgIpc) is 2.85. The largest absolute Gasteiger partial charge is 0.458 e. The van der Waals surface area contributed by atoms with Crippen LogP contribution >= 0.6 is 23.2 Å². The molecule has 4 rings (SSSR count). The third kappa shape index (κ3) is 6.49. The third-order valence-electron chi connectivity index (χ3n) is 7.39. The molecule has 1 aromatic carbocycles. The van der Waals surface area contributed by atoms with Gasteiger partial charge >= 0.3 is 5.97 Å². The number of aromatic nitrogens is 1. The Hall–Kier alpha value is -1.93. The number of piperidine rings is 1. The van der Waals surface area contributed by atoms with E-state index in [4.69, 9.17) is 27.9 Å². The molecule has 0 N–H and O–H groups in total. The third-order valence-corrected chi connectivity index (χ3v) is 7.90. The van der Waals surface area contributed by atoms with Gasteiger partial charge in [0.15, 0.2) is 0 Å². The minimum absolute atomic E-state index is 0.229. The second kappa shape index (κ2) is 12.1. The highest BCUT2D eigenvalue weighted by molar-refractivity contribution is 6.33. The van der Waals surface area contributed by atoms with Crippen molar-refractivity contribution in [1.82, 2.24) is 14.8 Å². The van der Waals surface area contributed by atoms with Crippen LogP contribution in [0.25, 0.3) is 0 Å². The molecule has 3 heterocycles. The number of hydrogen-bond acceptors (Lipinski definition) is 6. The molecule has 2 aliphatic rings. The number of carbonyl (C=O) groups excluding carboxylic acids is 1. The molecular weight excluding hydrogens is 502 g/mol. The minimum atomic E-state index is -0.385. The van der Waals surface area contributed by atoms with Crippen molar-refractivity contribution in [3.8, 4) is 0 Å². The summed E-state index contributed by atoms with van der Waals surface area (Å²) in [7, 11) is 0. The first-order valence-corrected chi connectivity index (χ1v) is 13.5. The van der Waals surface area contributed by atoms with Gasteiger partial charge in [-0.2, -0.15) is 0 Å². The second-order valence-corrected chi connectivity index (χ2v) is 10.7. The first kappa shape index (κ1) is 27.1. The van der Waals surface area contributed by atoms with Gasteiger partial charge < -0.3 is 9.64 Å². The molecule has 0 saturated carbocycles. The molecule has 196 valence electrons. The Bertz CT molecular complexity index is 1060. The van der Waals surface area contributed by atoms with Crippen molar-refractivity contribution in [2.24, 2.45) is 0 Å². The number of nitrogens with zero attached hydrogens (tertiary/aromatic N) is 4. The Labute approximate surface area is 223 Å². The van der Waals surface area contributed by atoms with Gasteiger partial charge in [0.1, 0.15) is 17.7 Å². The highest BCUT2D eigenvalue weighted by Gasteiger charge is 2.34. The lowest BCUT2D eigenvalue weighted by atomic mass is 9.97. The molecular formula is C27H35Cl2FN4O2. The fourth-order valence-corrected chi connectivity index (χ4v) is 5.88. The first-order valence-electron chi connectivity index (χ1n) is 12.7. The molecule has 2 aromatic rings. The van der Waals surface area contributed by atoms with Crippen molar-refractivity contribution < 1.29 is 13.9 Å². The maximum absolute atomic E-state index is 14.2. The van der Waals surface area contributed by atoms with E-state index in [1.165, 1.54) is 13.0 Å². The highest BCUT2D eigenvalue weighted by atomic mass is 35.5. The van der Waals surface area contributed by atoms with Gasteiger partial charge in [-0.1, -0.05) is 36.2 Å². The molecule has 2 atom stereocenters. The SMILES string of the molecule is CC[C@H]1CN(c2ncc(C(C)OC(C)=O)cc2Cl)CCN1C1CCN(Cc2ccc(Cl)cc2F)CC1. The van der Waals surface area contributed by atoms with Crippen molar-refractivity contribution in [3.63, 3.8) is 0 Å². The summed E-state index contributed by atoms with van der Waals surface area (Å²) in [6.45, 7) is 10.7. The lowest BCUT2D eigenvalue weighted by Gasteiger charge is -2.47. The van der Waals surface area contributed by atoms with E-state index >= 15 is 0 Å². The van der Waals surface area contributed by atoms with Crippen molar-refractivity contribution in [1.29, 1.82) is 0 Å². The van der Waals surface area contributed by atoms with Crippen molar-refractivity contribution in [2.45, 2.75) is 64.8 Å². The fourth-order valence-electron chi connectivity index (χ4n) is 5.42. The molecule has 2 fully saturated rings. The maximum atomic E-state index is 14.2. The van der Waals surface area contributed by atoms with E-state index in [0.29, 0.717) is 34.2 Å². The lowest BCUT2D eigenvalue weighted by Crippen LogP contribution is -2.58. The normalized spacial score (nSPS) is 20.9. The predicted octanol–water partition coefficient (Wildman–Crippen LogP) is 5.72. The summed E-state index contributed by atoms with van der Waals surface area (Å²) in [5, 5.41) is 1.02. The molecule has 1 unspecified atom stereocenters. The molecule has 0 amide bonds. The minimum Gasteiger partial charge on any atom is -0.458 e. The van der Waals surface area contributed by atoms with Gasteiger partial charge in [0.2, 0.25) is 0 Å². The summed E-state index contributed by atoms with van der Waals surface area (Å²) in [5.41, 5.74) is 1.49. The quantitative estimate of drug-likeness (QED) is 0.422. The van der Waals surface area contributed by atoms with E-state index in [1.807, 2.05) is 13.0 Å². The first-order chi connectivity index (χ1) is 17.2. The van der Waals surface area contributed by atoms with Crippen molar-refractivity contribution in [2.75, 3.05) is 37.6 Å². The van der Waals surface area contributed by atoms with E-state index in [-0.39, 0.29) is 17.9 Å². The number of ether oxygens (including phenoxy) is 1. The topological polar surface area (TPSA) is 48.9 Å². The maximum Gasteiger partial charge on any atom is 0.303 e. The zero-order valence-electron chi connectivity index (χ0n) is 21.2. The van der Waals surface area contributed by atoms with Gasteiger partial charge in [-0.3, -0.25) is 14.6 Å². The molecule has 36 heavy (non-hydrogen) atoms. The zero-order valence-corrected chi connectivity index (χ0v) is 22.7. The van der Waals surface area contributed by atoms with E-state index in [2.05, 4.69) is 26.6 Å². The number of piperazine rings is 1. The smallest absolute Gasteiger partial charge is 0.303 e. The van der Waals surface area contributed by atoms with Crippen LogP contribution in [0.4, 0.5) is 10.2 Å². The van der Waals surface area contributed by atoms with Crippen LogP contribution in [0.5, 0.6) is 0 Å². The molecule has 0 aliphatic carbocycles. The Kier molecular flexibility index (Phi) is 9.10. The summed E-state index contributed by atoms with van der Waals surface area (Å²) in [6, 6.07) is 7.74. The Balaban J connectivity index is 1.34. The van der Waals surface area contributed by atoms with Crippen LogP contribution in [-0.2, 0) is 16.1 Å². The van der Waals surface area contributed by atoms with Crippen LogP contribution in [0.2, 0.25) is 10.0 Å². The van der Waals surface area contributed by atoms with Gasteiger partial charge in [-0.25, -0.2) is 9.37 Å². The molecule has 6 nitrogen and oxygen atoms in total. The standard InChI is InChI=1S/C27H35Cl2FN4O2/c1-4-23-17-33(27-25(29)13-21(15-31-27)18(2)36-19(3)35)11-12-34(23)24-7-9-32(10-8-24)16-20-5-6-22(28)14-26(20)30/h5-6,13-15,18,23-24H,4,7-12,16-17H2,1-3H3/t18?,23-/m0/s1. The van der Waals surface area contributed by atoms with Gasteiger partial charge in [-0.05, 0) is 57.5 Å². The van der Waals surface area contributed by atoms with Crippen molar-refractivity contribution in [3.05, 3.63) is 57.5 Å². The number of benzene rings is 1. The molecule has 9 heteroatoms. The highest BCUT2D eigenvalue weighted by Crippen LogP contribution is 2.31. The average molecular weight is 538 g/mol. The summed E-state index contributed by atoms with van der Waals surface area (Å²) in [4.78, 5) is 23.2. The van der Waals surface area contributed by atoms with Gasteiger partial charge in [0, 0.05) is 67.5 Å². The van der Waals surface area contributed by atoms with E-state index in [1.54, 1.807) is 18.3 Å². The van der Waals surface area contributed by atoms with Crippen LogP contribution in [0.3, 0.4) is 0 Å². The van der Waals surface area contributed by atoms with Crippen LogP contribution in [0, 0.1) is 5.82 Å². The van der Waals surface area contributed by atoms with E-state index in [0.717, 1.165) is 63.4 Å². The van der Waals surface area contributed by atoms with E-state index < -0.39 is 0 Å². The van der Waals surface area contributed by atoms with Crippen LogP contribution < -0.4 is 4.90 Å². The second-order valence-electron chi connectivity index (χ2n) is 9.81. The fraction of sp³-hybridized carbons (Fsp3) is 0.556. The molecule has 2 aliphatic heterocycles. The van der Waals surface area contributed by atoms with Crippen molar-refractivity contribution >= 4 is 35.0 Å². The molecule has 0 bridgehead atoms. The number of halogens is 3. The van der Waals surface area contributed by atoms with Gasteiger partial charge in [0.05, 0.1) is 5.02 Å². The van der Waals surface area contributed by atoms with Gasteiger partial charge in [-0.15, -0.1) is 0 Å². The van der Waals surface area contributed by atoms with Gasteiger partial charge in [0.25, 0.3) is 0 Å². The number of esters is 1. The number of rotatable bonds is 7. The molecule has 1 aromatic heterocycles. The number of anilines is 1.